The van der Waals surface area contributed by atoms with Gasteiger partial charge in [0.15, 0.2) is 6.61 Å². The third-order valence-electron chi connectivity index (χ3n) is 2.48. The van der Waals surface area contributed by atoms with Crippen molar-refractivity contribution in [1.82, 2.24) is 5.32 Å². The van der Waals surface area contributed by atoms with E-state index in [1.807, 2.05) is 0 Å². The Balaban J connectivity index is 1.96. The van der Waals surface area contributed by atoms with E-state index in [1.165, 1.54) is 11.8 Å². The molecule has 1 aliphatic rings. The summed E-state index contributed by atoms with van der Waals surface area (Å²) in [7, 11) is 0. The second-order valence-electron chi connectivity index (χ2n) is 4.01. The third kappa shape index (κ3) is 4.57. The first-order valence-corrected chi connectivity index (χ1v) is 7.44. The van der Waals surface area contributed by atoms with Crippen LogP contribution in [0.2, 0.25) is 0 Å². The predicted molar refractivity (Wildman–Crippen MR) is 84.9 cm³/mol. The van der Waals surface area contributed by atoms with Crippen molar-refractivity contribution in [3.05, 3.63) is 34.7 Å². The molecule has 0 unspecified atom stereocenters. The Morgan fingerprint density at radius 3 is 2.67 bits per heavy atom. The number of amides is 1. The van der Waals surface area contributed by atoms with Crippen molar-refractivity contribution in [3.8, 4) is 5.75 Å². The van der Waals surface area contributed by atoms with Crippen LogP contribution in [0.3, 0.4) is 0 Å². The minimum absolute atomic E-state index is 0.124. The van der Waals surface area contributed by atoms with E-state index >= 15 is 0 Å². The summed E-state index contributed by atoms with van der Waals surface area (Å²) < 4.78 is 10.5. The Morgan fingerprint density at radius 2 is 2.10 bits per heavy atom. The SMILES string of the molecule is CCOC(=O)COc1ccc(C=C2SC(=S)NC2=O)cc1. The van der Waals surface area contributed by atoms with Gasteiger partial charge in [-0.25, -0.2) is 4.79 Å². The number of hydrogen-bond donors (Lipinski definition) is 1. The van der Waals surface area contributed by atoms with E-state index in [4.69, 9.17) is 21.7 Å². The van der Waals surface area contributed by atoms with Gasteiger partial charge in [0.25, 0.3) is 5.91 Å². The summed E-state index contributed by atoms with van der Waals surface area (Å²) in [6, 6.07) is 7.04. The average Bonchev–Trinajstić information content (AvgIpc) is 2.76. The van der Waals surface area contributed by atoms with E-state index in [-0.39, 0.29) is 12.5 Å². The molecule has 0 spiro atoms. The number of rotatable bonds is 5. The van der Waals surface area contributed by atoms with Gasteiger partial charge in [-0.1, -0.05) is 36.1 Å². The molecule has 0 aliphatic carbocycles. The number of hydrogen-bond acceptors (Lipinski definition) is 6. The molecule has 1 fully saturated rings. The molecule has 21 heavy (non-hydrogen) atoms. The smallest absolute Gasteiger partial charge is 0.344 e. The van der Waals surface area contributed by atoms with Crippen LogP contribution in [-0.4, -0.2) is 29.4 Å². The molecule has 1 aliphatic heterocycles. The molecule has 110 valence electrons. The zero-order chi connectivity index (χ0) is 15.2. The van der Waals surface area contributed by atoms with Crippen LogP contribution < -0.4 is 10.1 Å². The summed E-state index contributed by atoms with van der Waals surface area (Å²) >= 11 is 6.15. The minimum Gasteiger partial charge on any atom is -0.482 e. The van der Waals surface area contributed by atoms with Crippen molar-refractivity contribution in [2.75, 3.05) is 13.2 Å². The van der Waals surface area contributed by atoms with Crippen LogP contribution in [0.25, 0.3) is 6.08 Å². The highest BCUT2D eigenvalue weighted by Crippen LogP contribution is 2.26. The fraction of sp³-hybridized carbons (Fsp3) is 0.214. The summed E-state index contributed by atoms with van der Waals surface area (Å²) in [6.07, 6.45) is 1.74. The summed E-state index contributed by atoms with van der Waals surface area (Å²) in [6.45, 7) is 1.94. The maximum atomic E-state index is 11.5. The van der Waals surface area contributed by atoms with E-state index in [9.17, 15) is 9.59 Å². The molecule has 7 heteroatoms. The zero-order valence-electron chi connectivity index (χ0n) is 11.3. The molecule has 1 aromatic carbocycles. The van der Waals surface area contributed by atoms with Crippen LogP contribution in [0.15, 0.2) is 29.2 Å². The fourth-order valence-corrected chi connectivity index (χ4v) is 2.62. The molecular weight excluding hydrogens is 310 g/mol. The lowest BCUT2D eigenvalue weighted by atomic mass is 10.2. The molecule has 5 nitrogen and oxygen atoms in total. The van der Waals surface area contributed by atoms with Gasteiger partial charge in [0, 0.05) is 0 Å². The van der Waals surface area contributed by atoms with Crippen LogP contribution in [-0.2, 0) is 14.3 Å². The lowest BCUT2D eigenvalue weighted by Gasteiger charge is -2.05. The minimum atomic E-state index is -0.406. The number of ether oxygens (including phenoxy) is 2. The maximum Gasteiger partial charge on any atom is 0.344 e. The molecule has 0 bridgehead atoms. The van der Waals surface area contributed by atoms with Gasteiger partial charge in [-0.3, -0.25) is 4.79 Å². The Hall–Kier alpha value is -1.86. The molecule has 1 amide bonds. The van der Waals surface area contributed by atoms with Crippen LogP contribution in [0, 0.1) is 0 Å². The average molecular weight is 323 g/mol. The van der Waals surface area contributed by atoms with Crippen molar-refractivity contribution >= 4 is 46.3 Å². The lowest BCUT2D eigenvalue weighted by Crippen LogP contribution is -2.17. The topological polar surface area (TPSA) is 64.6 Å². The van der Waals surface area contributed by atoms with Gasteiger partial charge in [-0.15, -0.1) is 0 Å². The zero-order valence-corrected chi connectivity index (χ0v) is 12.9. The van der Waals surface area contributed by atoms with Crippen molar-refractivity contribution in [2.45, 2.75) is 6.92 Å². The highest BCUT2D eigenvalue weighted by Gasteiger charge is 2.21. The van der Waals surface area contributed by atoms with Crippen molar-refractivity contribution in [3.63, 3.8) is 0 Å². The molecule has 0 saturated carbocycles. The predicted octanol–water partition coefficient (Wildman–Crippen LogP) is 2.12. The molecule has 0 atom stereocenters. The number of thiocarbonyl (C=S) groups is 1. The molecule has 1 saturated heterocycles. The van der Waals surface area contributed by atoms with Gasteiger partial charge in [0.2, 0.25) is 0 Å². The Bertz CT molecular complexity index is 595. The summed E-state index contributed by atoms with van der Waals surface area (Å²) in [5, 5.41) is 2.55. The van der Waals surface area contributed by atoms with Crippen molar-refractivity contribution in [1.29, 1.82) is 0 Å². The molecule has 1 aromatic rings. The summed E-state index contributed by atoms with van der Waals surface area (Å²) in [5.74, 6) is -0.0341. The largest absolute Gasteiger partial charge is 0.482 e. The van der Waals surface area contributed by atoms with E-state index in [0.717, 1.165) is 5.56 Å². The molecule has 0 radical (unpaired) electrons. The molecular formula is C14H13NO4S2. The molecule has 2 rings (SSSR count). The first kappa shape index (κ1) is 15.5. The number of carbonyl (C=O) groups excluding carboxylic acids is 2. The summed E-state index contributed by atoms with van der Waals surface area (Å²) in [4.78, 5) is 23.3. The quantitative estimate of drug-likeness (QED) is 0.509. The normalized spacial score (nSPS) is 16.0. The van der Waals surface area contributed by atoms with Crippen molar-refractivity contribution in [2.24, 2.45) is 0 Å². The number of nitrogens with one attached hydrogen (secondary N) is 1. The molecule has 1 N–H and O–H groups in total. The van der Waals surface area contributed by atoms with Crippen LogP contribution in [0.1, 0.15) is 12.5 Å². The highest BCUT2D eigenvalue weighted by atomic mass is 32.2. The first-order valence-electron chi connectivity index (χ1n) is 6.22. The van der Waals surface area contributed by atoms with Gasteiger partial charge in [-0.05, 0) is 30.7 Å². The number of esters is 1. The van der Waals surface area contributed by atoms with Crippen molar-refractivity contribution < 1.29 is 19.1 Å². The van der Waals surface area contributed by atoms with E-state index in [1.54, 1.807) is 37.3 Å². The van der Waals surface area contributed by atoms with Gasteiger partial charge < -0.3 is 14.8 Å². The lowest BCUT2D eigenvalue weighted by molar-refractivity contribution is -0.145. The second-order valence-corrected chi connectivity index (χ2v) is 5.73. The van der Waals surface area contributed by atoms with Gasteiger partial charge >= 0.3 is 5.97 Å². The Kier molecular flexibility index (Phi) is 5.35. The monoisotopic (exact) mass is 323 g/mol. The third-order valence-corrected chi connectivity index (χ3v) is 3.64. The molecule has 0 aromatic heterocycles. The number of thioether (sulfide) groups is 1. The van der Waals surface area contributed by atoms with Crippen LogP contribution in [0.4, 0.5) is 0 Å². The Morgan fingerprint density at radius 1 is 1.38 bits per heavy atom. The Labute approximate surface area is 131 Å². The summed E-state index contributed by atoms with van der Waals surface area (Å²) in [5.41, 5.74) is 0.848. The second kappa shape index (κ2) is 7.24. The van der Waals surface area contributed by atoms with E-state index in [2.05, 4.69) is 5.32 Å². The van der Waals surface area contributed by atoms with E-state index < -0.39 is 5.97 Å². The molecule has 1 heterocycles. The maximum absolute atomic E-state index is 11.5. The van der Waals surface area contributed by atoms with E-state index in [0.29, 0.717) is 21.6 Å². The highest BCUT2D eigenvalue weighted by molar-refractivity contribution is 8.26. The number of benzene rings is 1. The van der Waals surface area contributed by atoms with Crippen LogP contribution >= 0.6 is 24.0 Å². The number of carbonyl (C=O) groups is 2. The first-order chi connectivity index (χ1) is 10.1. The van der Waals surface area contributed by atoms with Gasteiger partial charge in [0.05, 0.1) is 11.5 Å². The van der Waals surface area contributed by atoms with Gasteiger partial charge in [-0.2, -0.15) is 0 Å². The fourth-order valence-electron chi connectivity index (χ4n) is 1.58. The van der Waals surface area contributed by atoms with Gasteiger partial charge in [0.1, 0.15) is 10.1 Å². The van der Waals surface area contributed by atoms with Crippen LogP contribution in [0.5, 0.6) is 5.75 Å². The standard InChI is InChI=1S/C14H13NO4S2/c1-2-18-12(16)8-19-10-5-3-9(4-6-10)7-11-13(17)15-14(20)21-11/h3-7H,2,8H2,1H3,(H,15,17,20).